The van der Waals surface area contributed by atoms with Crippen LogP contribution in [-0.4, -0.2) is 11.8 Å². The molecule has 0 radical (unpaired) electrons. The topological polar surface area (TPSA) is 29.1 Å². The van der Waals surface area contributed by atoms with Crippen molar-refractivity contribution in [2.24, 2.45) is 0 Å². The van der Waals surface area contributed by atoms with Crippen LogP contribution < -0.4 is 5.32 Å². The van der Waals surface area contributed by atoms with E-state index in [0.29, 0.717) is 6.04 Å². The summed E-state index contributed by atoms with van der Waals surface area (Å²) in [6.45, 7) is 0. The molecule has 122 valence electrons. The van der Waals surface area contributed by atoms with Crippen LogP contribution in [0.4, 0.5) is 0 Å². The molecule has 0 saturated heterocycles. The number of hydrogen-bond donors (Lipinski definition) is 1. The Morgan fingerprint density at radius 3 is 2.38 bits per heavy atom. The Balaban J connectivity index is 1.70. The number of rotatable bonds is 3. The lowest BCUT2D eigenvalue weighted by Gasteiger charge is -2.27. The van der Waals surface area contributed by atoms with Gasteiger partial charge >= 0.3 is 0 Å². The Morgan fingerprint density at radius 1 is 0.875 bits per heavy atom. The van der Waals surface area contributed by atoms with Gasteiger partial charge in [0.15, 0.2) is 5.78 Å². The fraction of sp³-hybridized carbons (Fsp3) is 0.318. The zero-order valence-electron chi connectivity index (χ0n) is 13.9. The minimum absolute atomic E-state index is 0.0250. The van der Waals surface area contributed by atoms with Gasteiger partial charge in [-0.25, -0.2) is 0 Å². The van der Waals surface area contributed by atoms with Crippen molar-refractivity contribution in [1.29, 1.82) is 0 Å². The first-order chi connectivity index (χ1) is 11.8. The Kier molecular flexibility index (Phi) is 4.31. The summed E-state index contributed by atoms with van der Waals surface area (Å²) >= 11 is 0. The first-order valence-electron chi connectivity index (χ1n) is 8.99. The van der Waals surface area contributed by atoms with Gasteiger partial charge in [-0.1, -0.05) is 73.9 Å². The van der Waals surface area contributed by atoms with E-state index in [0.717, 1.165) is 22.3 Å². The van der Waals surface area contributed by atoms with Gasteiger partial charge in [-0.05, 0) is 30.0 Å². The van der Waals surface area contributed by atoms with Gasteiger partial charge in [0, 0.05) is 17.2 Å². The molecule has 1 saturated carbocycles. The summed E-state index contributed by atoms with van der Waals surface area (Å²) < 4.78 is 0. The molecule has 1 atom stereocenters. The predicted molar refractivity (Wildman–Crippen MR) is 97.9 cm³/mol. The molecule has 2 aromatic carbocycles. The van der Waals surface area contributed by atoms with E-state index in [4.69, 9.17) is 0 Å². The average Bonchev–Trinajstić information content (AvgIpc) is 2.90. The number of nitrogens with one attached hydrogen (secondary N) is 1. The van der Waals surface area contributed by atoms with Gasteiger partial charge in [-0.3, -0.25) is 4.79 Å². The molecule has 2 aromatic rings. The molecular formula is C22H23NO. The SMILES string of the molecule is O=C1C(=Cc2ccccc2)[C@@H](NC2CCCCC2)c2ccccc21. The molecule has 1 fully saturated rings. The Morgan fingerprint density at radius 2 is 1.58 bits per heavy atom. The van der Waals surface area contributed by atoms with Gasteiger partial charge in [-0.15, -0.1) is 0 Å². The second-order valence-corrected chi connectivity index (χ2v) is 6.86. The lowest BCUT2D eigenvalue weighted by Crippen LogP contribution is -2.34. The molecule has 0 bridgehead atoms. The van der Waals surface area contributed by atoms with Crippen molar-refractivity contribution in [2.45, 2.75) is 44.2 Å². The molecule has 2 nitrogen and oxygen atoms in total. The molecular weight excluding hydrogens is 294 g/mol. The zero-order valence-corrected chi connectivity index (χ0v) is 13.9. The summed E-state index contributed by atoms with van der Waals surface area (Å²) in [6, 6.07) is 18.7. The van der Waals surface area contributed by atoms with Crippen LogP contribution in [0.15, 0.2) is 60.2 Å². The van der Waals surface area contributed by atoms with Crippen LogP contribution in [-0.2, 0) is 0 Å². The molecule has 0 aliphatic heterocycles. The smallest absolute Gasteiger partial charge is 0.191 e. The molecule has 0 amide bonds. The molecule has 24 heavy (non-hydrogen) atoms. The number of ketones is 1. The Hall–Kier alpha value is -2.19. The molecule has 1 N–H and O–H groups in total. The fourth-order valence-electron chi connectivity index (χ4n) is 3.97. The van der Waals surface area contributed by atoms with Gasteiger partial charge in [0.25, 0.3) is 0 Å². The summed E-state index contributed by atoms with van der Waals surface area (Å²) in [6.07, 6.45) is 8.40. The summed E-state index contributed by atoms with van der Waals surface area (Å²) in [5.74, 6) is 0.169. The van der Waals surface area contributed by atoms with Crippen molar-refractivity contribution in [1.82, 2.24) is 5.32 Å². The third-order valence-corrected chi connectivity index (χ3v) is 5.22. The van der Waals surface area contributed by atoms with E-state index in [1.807, 2.05) is 36.4 Å². The first kappa shape index (κ1) is 15.3. The maximum atomic E-state index is 12.9. The van der Waals surface area contributed by atoms with Gasteiger partial charge in [0.05, 0.1) is 6.04 Å². The summed E-state index contributed by atoms with van der Waals surface area (Å²) in [5, 5.41) is 3.79. The Labute approximate surface area is 143 Å². The Bertz CT molecular complexity index is 757. The number of fused-ring (bicyclic) bond motifs is 1. The molecule has 0 unspecified atom stereocenters. The zero-order chi connectivity index (χ0) is 16.4. The van der Waals surface area contributed by atoms with Crippen LogP contribution in [0.2, 0.25) is 0 Å². The van der Waals surface area contributed by atoms with E-state index in [9.17, 15) is 4.79 Å². The third-order valence-electron chi connectivity index (χ3n) is 5.22. The minimum Gasteiger partial charge on any atom is -0.303 e. The predicted octanol–water partition coefficient (Wildman–Crippen LogP) is 4.93. The van der Waals surface area contributed by atoms with Crippen LogP contribution in [0.25, 0.3) is 6.08 Å². The first-order valence-corrected chi connectivity index (χ1v) is 8.99. The normalized spacial score (nSPS) is 22.8. The highest BCUT2D eigenvalue weighted by Crippen LogP contribution is 2.38. The molecule has 2 heteroatoms. The number of carbonyl (C=O) groups is 1. The molecule has 0 aromatic heterocycles. The largest absolute Gasteiger partial charge is 0.303 e. The summed E-state index contributed by atoms with van der Waals surface area (Å²) in [7, 11) is 0. The molecule has 2 aliphatic carbocycles. The van der Waals surface area contributed by atoms with Crippen LogP contribution >= 0.6 is 0 Å². The highest BCUT2D eigenvalue weighted by Gasteiger charge is 2.35. The maximum absolute atomic E-state index is 12.9. The molecule has 0 heterocycles. The van der Waals surface area contributed by atoms with E-state index >= 15 is 0 Å². The van der Waals surface area contributed by atoms with E-state index < -0.39 is 0 Å². The van der Waals surface area contributed by atoms with Crippen molar-refractivity contribution in [3.05, 3.63) is 76.9 Å². The van der Waals surface area contributed by atoms with Gasteiger partial charge in [0.2, 0.25) is 0 Å². The lowest BCUT2D eigenvalue weighted by molar-refractivity contribution is 0.103. The van der Waals surface area contributed by atoms with Crippen molar-refractivity contribution in [2.75, 3.05) is 0 Å². The number of benzene rings is 2. The highest BCUT2D eigenvalue weighted by molar-refractivity contribution is 6.16. The maximum Gasteiger partial charge on any atom is 0.191 e. The van der Waals surface area contributed by atoms with Crippen LogP contribution in [0.3, 0.4) is 0 Å². The van der Waals surface area contributed by atoms with Gasteiger partial charge < -0.3 is 5.32 Å². The van der Waals surface area contributed by atoms with Crippen molar-refractivity contribution < 1.29 is 4.79 Å². The molecule has 2 aliphatic rings. The minimum atomic E-state index is 0.0250. The summed E-state index contributed by atoms with van der Waals surface area (Å²) in [4.78, 5) is 12.9. The van der Waals surface area contributed by atoms with E-state index in [1.165, 1.54) is 32.1 Å². The van der Waals surface area contributed by atoms with Crippen molar-refractivity contribution >= 4 is 11.9 Å². The van der Waals surface area contributed by atoms with Gasteiger partial charge in [-0.2, -0.15) is 0 Å². The van der Waals surface area contributed by atoms with Crippen LogP contribution in [0.1, 0.15) is 59.6 Å². The average molecular weight is 317 g/mol. The second kappa shape index (κ2) is 6.74. The monoisotopic (exact) mass is 317 g/mol. The van der Waals surface area contributed by atoms with Gasteiger partial charge in [0.1, 0.15) is 0 Å². The quantitative estimate of drug-likeness (QED) is 0.813. The van der Waals surface area contributed by atoms with Crippen LogP contribution in [0, 0.1) is 0 Å². The van der Waals surface area contributed by atoms with Crippen molar-refractivity contribution in [3.63, 3.8) is 0 Å². The van der Waals surface area contributed by atoms with E-state index in [1.54, 1.807) is 0 Å². The fourth-order valence-corrected chi connectivity index (χ4v) is 3.97. The van der Waals surface area contributed by atoms with Crippen LogP contribution in [0.5, 0.6) is 0 Å². The third kappa shape index (κ3) is 2.94. The lowest BCUT2D eigenvalue weighted by atomic mass is 9.93. The second-order valence-electron chi connectivity index (χ2n) is 6.86. The van der Waals surface area contributed by atoms with E-state index in [-0.39, 0.29) is 11.8 Å². The van der Waals surface area contributed by atoms with E-state index in [2.05, 4.69) is 29.6 Å². The molecule has 4 rings (SSSR count). The van der Waals surface area contributed by atoms with Crippen molar-refractivity contribution in [3.8, 4) is 0 Å². The number of Topliss-reactive ketones (excluding diaryl/α,β-unsaturated/α-hetero) is 1. The number of hydrogen-bond acceptors (Lipinski definition) is 2. The summed E-state index contributed by atoms with van der Waals surface area (Å²) in [5.41, 5.74) is 3.96. The number of carbonyl (C=O) groups excluding carboxylic acids is 1. The molecule has 0 spiro atoms. The standard InChI is InChI=1S/C22H23NO/c24-22-19-14-8-7-13-18(19)21(23-17-11-5-2-6-12-17)20(22)15-16-9-3-1-4-10-16/h1,3-4,7-10,13-15,17,21,23H,2,5-6,11-12H2/t21-/m0/s1. The highest BCUT2D eigenvalue weighted by atomic mass is 16.1.